The Morgan fingerprint density at radius 1 is 1.12 bits per heavy atom. The lowest BCUT2D eigenvalue weighted by Gasteiger charge is -2.16. The van der Waals surface area contributed by atoms with Crippen LogP contribution in [0.1, 0.15) is 13.3 Å². The molecule has 1 unspecified atom stereocenters. The molecule has 3 aromatic rings. The molecule has 25 heavy (non-hydrogen) atoms. The third kappa shape index (κ3) is 4.51. The number of rotatable bonds is 6. The van der Waals surface area contributed by atoms with Gasteiger partial charge in [0, 0.05) is 35.6 Å². The van der Waals surface area contributed by atoms with Gasteiger partial charge in [-0.3, -0.25) is 4.98 Å². The van der Waals surface area contributed by atoms with Crippen molar-refractivity contribution in [1.82, 2.24) is 15.0 Å². The first kappa shape index (κ1) is 17.3. The van der Waals surface area contributed by atoms with Crippen molar-refractivity contribution < 1.29 is 8.42 Å². The molecule has 3 rings (SSSR count). The molecular formula is C18H20N4O2S. The van der Waals surface area contributed by atoms with Gasteiger partial charge in [0.15, 0.2) is 5.82 Å². The van der Waals surface area contributed by atoms with Crippen LogP contribution in [0.5, 0.6) is 0 Å². The first-order valence-corrected chi connectivity index (χ1v) is 10.1. The summed E-state index contributed by atoms with van der Waals surface area (Å²) in [4.78, 5) is 13.4. The molecule has 1 aromatic carbocycles. The minimum atomic E-state index is -2.99. The molecule has 130 valence electrons. The summed E-state index contributed by atoms with van der Waals surface area (Å²) in [5.74, 6) is 1.43. The number of benzene rings is 1. The second-order valence-electron chi connectivity index (χ2n) is 6.12. The SMILES string of the molecule is CC(CCS(C)(=O)=O)Nc1nc(-c2cccnc2)nc2ccccc12. The fourth-order valence-electron chi connectivity index (χ4n) is 2.51. The van der Waals surface area contributed by atoms with E-state index < -0.39 is 9.84 Å². The number of nitrogens with one attached hydrogen (secondary N) is 1. The number of pyridine rings is 1. The topological polar surface area (TPSA) is 84.8 Å². The van der Waals surface area contributed by atoms with Crippen LogP contribution in [0.4, 0.5) is 5.82 Å². The second kappa shape index (κ2) is 7.14. The predicted octanol–water partition coefficient (Wildman–Crippen LogP) is 2.93. The zero-order valence-electron chi connectivity index (χ0n) is 14.2. The molecule has 1 atom stereocenters. The normalized spacial score (nSPS) is 12.9. The van der Waals surface area contributed by atoms with Crippen LogP contribution in [0.2, 0.25) is 0 Å². The smallest absolute Gasteiger partial charge is 0.163 e. The molecule has 0 aliphatic carbocycles. The molecule has 0 amide bonds. The van der Waals surface area contributed by atoms with Gasteiger partial charge in [-0.1, -0.05) is 12.1 Å². The Kier molecular flexibility index (Phi) is 4.94. The summed E-state index contributed by atoms with van der Waals surface area (Å²) in [7, 11) is -2.99. The van der Waals surface area contributed by atoms with Gasteiger partial charge < -0.3 is 5.32 Å². The van der Waals surface area contributed by atoms with Crippen molar-refractivity contribution in [2.24, 2.45) is 0 Å². The Labute approximate surface area is 147 Å². The number of anilines is 1. The van der Waals surface area contributed by atoms with Crippen LogP contribution in [-0.4, -0.2) is 41.4 Å². The zero-order valence-corrected chi connectivity index (χ0v) is 15.0. The molecule has 0 saturated carbocycles. The Balaban J connectivity index is 1.95. The van der Waals surface area contributed by atoms with E-state index in [9.17, 15) is 8.42 Å². The lowest BCUT2D eigenvalue weighted by Crippen LogP contribution is -2.20. The van der Waals surface area contributed by atoms with E-state index >= 15 is 0 Å². The first-order chi connectivity index (χ1) is 11.9. The highest BCUT2D eigenvalue weighted by atomic mass is 32.2. The van der Waals surface area contributed by atoms with Crippen molar-refractivity contribution >= 4 is 26.6 Å². The molecule has 6 nitrogen and oxygen atoms in total. The van der Waals surface area contributed by atoms with Crippen LogP contribution in [0.15, 0.2) is 48.8 Å². The van der Waals surface area contributed by atoms with E-state index in [1.807, 2.05) is 43.3 Å². The van der Waals surface area contributed by atoms with Crippen LogP contribution in [0.3, 0.4) is 0 Å². The quantitative estimate of drug-likeness (QED) is 0.731. The van der Waals surface area contributed by atoms with Crippen molar-refractivity contribution in [3.63, 3.8) is 0 Å². The van der Waals surface area contributed by atoms with Crippen molar-refractivity contribution in [2.45, 2.75) is 19.4 Å². The summed E-state index contributed by atoms with van der Waals surface area (Å²) < 4.78 is 22.8. The molecule has 0 spiro atoms. The van der Waals surface area contributed by atoms with Gasteiger partial charge in [0.25, 0.3) is 0 Å². The van der Waals surface area contributed by atoms with E-state index in [1.165, 1.54) is 6.26 Å². The van der Waals surface area contributed by atoms with Crippen molar-refractivity contribution in [2.75, 3.05) is 17.3 Å². The van der Waals surface area contributed by atoms with E-state index in [-0.39, 0.29) is 11.8 Å². The number of hydrogen-bond donors (Lipinski definition) is 1. The van der Waals surface area contributed by atoms with Crippen LogP contribution in [0.25, 0.3) is 22.3 Å². The Morgan fingerprint density at radius 3 is 2.64 bits per heavy atom. The second-order valence-corrected chi connectivity index (χ2v) is 8.38. The fourth-order valence-corrected chi connectivity index (χ4v) is 3.29. The summed E-state index contributed by atoms with van der Waals surface area (Å²) in [5, 5.41) is 4.24. The molecule has 0 aliphatic rings. The molecule has 2 heterocycles. The van der Waals surface area contributed by atoms with E-state index in [2.05, 4.69) is 20.3 Å². The van der Waals surface area contributed by atoms with Gasteiger partial charge in [-0.05, 0) is 37.6 Å². The molecule has 0 bridgehead atoms. The standard InChI is InChI=1S/C18H20N4O2S/c1-13(9-11-25(2,23)24)20-18-15-7-3-4-8-16(15)21-17(22-18)14-6-5-10-19-12-14/h3-8,10,12-13H,9,11H2,1-2H3,(H,20,21,22). The Morgan fingerprint density at radius 2 is 1.92 bits per heavy atom. The maximum absolute atomic E-state index is 11.4. The van der Waals surface area contributed by atoms with Crippen molar-refractivity contribution in [3.8, 4) is 11.4 Å². The van der Waals surface area contributed by atoms with Gasteiger partial charge in [0.05, 0.1) is 11.3 Å². The zero-order chi connectivity index (χ0) is 17.9. The Bertz CT molecular complexity index is 975. The number of sulfone groups is 1. The summed E-state index contributed by atoms with van der Waals surface area (Å²) in [6, 6.07) is 11.5. The predicted molar refractivity (Wildman–Crippen MR) is 100 cm³/mol. The van der Waals surface area contributed by atoms with E-state index in [0.29, 0.717) is 18.1 Å². The minimum absolute atomic E-state index is 0.0326. The highest BCUT2D eigenvalue weighted by molar-refractivity contribution is 7.90. The molecule has 0 radical (unpaired) electrons. The van der Waals surface area contributed by atoms with Crippen LogP contribution in [-0.2, 0) is 9.84 Å². The van der Waals surface area contributed by atoms with E-state index in [0.717, 1.165) is 16.5 Å². The number of hydrogen-bond acceptors (Lipinski definition) is 6. The molecule has 2 aromatic heterocycles. The van der Waals surface area contributed by atoms with Crippen LogP contribution >= 0.6 is 0 Å². The summed E-state index contributed by atoms with van der Waals surface area (Å²) in [5.41, 5.74) is 1.66. The maximum atomic E-state index is 11.4. The number of aromatic nitrogens is 3. The van der Waals surface area contributed by atoms with Gasteiger partial charge in [-0.15, -0.1) is 0 Å². The maximum Gasteiger partial charge on any atom is 0.163 e. The highest BCUT2D eigenvalue weighted by Crippen LogP contribution is 2.25. The highest BCUT2D eigenvalue weighted by Gasteiger charge is 2.13. The monoisotopic (exact) mass is 356 g/mol. The average Bonchev–Trinajstić information content (AvgIpc) is 2.60. The van der Waals surface area contributed by atoms with Crippen LogP contribution < -0.4 is 5.32 Å². The average molecular weight is 356 g/mol. The summed E-state index contributed by atoms with van der Waals surface area (Å²) >= 11 is 0. The van der Waals surface area contributed by atoms with Gasteiger partial charge in [-0.25, -0.2) is 18.4 Å². The largest absolute Gasteiger partial charge is 0.367 e. The molecule has 7 heteroatoms. The van der Waals surface area contributed by atoms with Crippen molar-refractivity contribution in [3.05, 3.63) is 48.8 Å². The lowest BCUT2D eigenvalue weighted by molar-refractivity contribution is 0.595. The van der Waals surface area contributed by atoms with Gasteiger partial charge >= 0.3 is 0 Å². The molecule has 0 fully saturated rings. The van der Waals surface area contributed by atoms with E-state index in [4.69, 9.17) is 0 Å². The van der Waals surface area contributed by atoms with Gasteiger partial charge in [0.1, 0.15) is 15.7 Å². The third-order valence-corrected chi connectivity index (χ3v) is 4.81. The minimum Gasteiger partial charge on any atom is -0.367 e. The third-order valence-electron chi connectivity index (χ3n) is 3.83. The molecule has 0 saturated heterocycles. The van der Waals surface area contributed by atoms with E-state index in [1.54, 1.807) is 12.4 Å². The lowest BCUT2D eigenvalue weighted by atomic mass is 10.2. The molecular weight excluding hydrogens is 336 g/mol. The van der Waals surface area contributed by atoms with Crippen LogP contribution in [0, 0.1) is 0 Å². The molecule has 0 aliphatic heterocycles. The summed E-state index contributed by atoms with van der Waals surface area (Å²) in [6.45, 7) is 1.95. The number of fused-ring (bicyclic) bond motifs is 1. The Hall–Kier alpha value is -2.54. The molecule has 1 N–H and O–H groups in total. The van der Waals surface area contributed by atoms with Gasteiger partial charge in [0.2, 0.25) is 0 Å². The van der Waals surface area contributed by atoms with Gasteiger partial charge in [-0.2, -0.15) is 0 Å². The fraction of sp³-hybridized carbons (Fsp3) is 0.278. The first-order valence-electron chi connectivity index (χ1n) is 8.04. The number of para-hydroxylation sites is 1. The van der Waals surface area contributed by atoms with Crippen molar-refractivity contribution in [1.29, 1.82) is 0 Å². The number of nitrogens with zero attached hydrogens (tertiary/aromatic N) is 3. The summed E-state index contributed by atoms with van der Waals surface area (Å²) in [6.07, 6.45) is 5.19.